The van der Waals surface area contributed by atoms with Gasteiger partial charge in [0.2, 0.25) is 5.91 Å². The van der Waals surface area contributed by atoms with Crippen molar-refractivity contribution in [2.75, 3.05) is 33.2 Å². The van der Waals surface area contributed by atoms with Gasteiger partial charge in [-0.25, -0.2) is 4.79 Å². The summed E-state index contributed by atoms with van der Waals surface area (Å²) in [5, 5.41) is 9.14. The van der Waals surface area contributed by atoms with Crippen LogP contribution in [0.2, 0.25) is 0 Å². The summed E-state index contributed by atoms with van der Waals surface area (Å²) in [6.45, 7) is 3.32. The highest BCUT2D eigenvalue weighted by Crippen LogP contribution is 2.12. The van der Waals surface area contributed by atoms with Gasteiger partial charge in [0, 0.05) is 19.6 Å². The molecule has 0 saturated carbocycles. The second-order valence-electron chi connectivity index (χ2n) is 5.18. The zero-order valence-corrected chi connectivity index (χ0v) is 11.7. The van der Waals surface area contributed by atoms with Crippen molar-refractivity contribution in [2.24, 2.45) is 0 Å². The molecule has 5 nitrogen and oxygen atoms in total. The normalized spacial score (nSPS) is 16.8. The van der Waals surface area contributed by atoms with Gasteiger partial charge in [0.05, 0.1) is 12.0 Å². The lowest BCUT2D eigenvalue weighted by atomic mass is 10.0. The van der Waals surface area contributed by atoms with Gasteiger partial charge < -0.3 is 14.9 Å². The van der Waals surface area contributed by atoms with Crippen molar-refractivity contribution in [1.82, 2.24) is 9.80 Å². The van der Waals surface area contributed by atoms with Gasteiger partial charge >= 0.3 is 5.97 Å². The monoisotopic (exact) mass is 276 g/mol. The average molecular weight is 276 g/mol. The molecule has 108 valence electrons. The summed E-state index contributed by atoms with van der Waals surface area (Å²) in [7, 11) is 2.05. The summed E-state index contributed by atoms with van der Waals surface area (Å²) >= 11 is 0. The molecule has 1 aromatic carbocycles. The first-order chi connectivity index (χ1) is 9.58. The maximum absolute atomic E-state index is 12.3. The highest BCUT2D eigenvalue weighted by Gasteiger charge is 2.19. The Morgan fingerprint density at radius 3 is 2.65 bits per heavy atom. The zero-order chi connectivity index (χ0) is 14.5. The number of carbonyl (C=O) groups excluding carboxylic acids is 1. The van der Waals surface area contributed by atoms with Gasteiger partial charge in [-0.15, -0.1) is 0 Å². The number of carboxylic acids is 1. The molecule has 20 heavy (non-hydrogen) atoms. The van der Waals surface area contributed by atoms with E-state index in [1.807, 2.05) is 11.9 Å². The lowest BCUT2D eigenvalue weighted by Gasteiger charge is -2.21. The van der Waals surface area contributed by atoms with Gasteiger partial charge in [-0.05, 0) is 31.6 Å². The molecule has 1 aromatic rings. The summed E-state index contributed by atoms with van der Waals surface area (Å²) in [6, 6.07) is 6.70. The molecular weight excluding hydrogens is 256 g/mol. The second kappa shape index (κ2) is 6.52. The molecule has 0 spiro atoms. The summed E-state index contributed by atoms with van der Waals surface area (Å²) in [6.07, 6.45) is 1.12. The van der Waals surface area contributed by atoms with Crippen LogP contribution in [0.1, 0.15) is 22.3 Å². The largest absolute Gasteiger partial charge is 0.478 e. The third kappa shape index (κ3) is 3.57. The number of nitrogens with zero attached hydrogens (tertiary/aromatic N) is 2. The topological polar surface area (TPSA) is 60.9 Å². The van der Waals surface area contributed by atoms with Gasteiger partial charge in [0.15, 0.2) is 0 Å². The minimum Gasteiger partial charge on any atom is -0.478 e. The fourth-order valence-corrected chi connectivity index (χ4v) is 2.45. The molecule has 0 radical (unpaired) electrons. The zero-order valence-electron chi connectivity index (χ0n) is 11.7. The molecule has 1 heterocycles. The van der Waals surface area contributed by atoms with E-state index in [0.29, 0.717) is 12.1 Å². The molecule has 0 aliphatic carbocycles. The van der Waals surface area contributed by atoms with Gasteiger partial charge in [-0.2, -0.15) is 0 Å². The Balaban J connectivity index is 2.06. The third-order valence-corrected chi connectivity index (χ3v) is 3.66. The molecule has 0 unspecified atom stereocenters. The van der Waals surface area contributed by atoms with Gasteiger partial charge in [0.25, 0.3) is 0 Å². The fraction of sp³-hybridized carbons (Fsp3) is 0.467. The smallest absolute Gasteiger partial charge is 0.335 e. The van der Waals surface area contributed by atoms with Crippen molar-refractivity contribution in [2.45, 2.75) is 12.8 Å². The summed E-state index contributed by atoms with van der Waals surface area (Å²) in [5.74, 6) is -0.974. The van der Waals surface area contributed by atoms with Gasteiger partial charge in [0.1, 0.15) is 0 Å². The number of benzene rings is 1. The number of amides is 1. The first kappa shape index (κ1) is 14.5. The van der Waals surface area contributed by atoms with Crippen LogP contribution in [0.15, 0.2) is 24.3 Å². The first-order valence-corrected chi connectivity index (χ1v) is 6.85. The van der Waals surface area contributed by atoms with Crippen LogP contribution in [0.5, 0.6) is 0 Å². The SMILES string of the molecule is CN1CCCN(C(=O)Cc2ccccc2C(=O)O)CC1. The predicted molar refractivity (Wildman–Crippen MR) is 75.8 cm³/mol. The van der Waals surface area contributed by atoms with E-state index in [0.717, 1.165) is 26.1 Å². The number of hydrogen-bond donors (Lipinski definition) is 1. The first-order valence-electron chi connectivity index (χ1n) is 6.85. The Morgan fingerprint density at radius 2 is 1.90 bits per heavy atom. The van der Waals surface area contributed by atoms with Crippen molar-refractivity contribution < 1.29 is 14.7 Å². The van der Waals surface area contributed by atoms with E-state index < -0.39 is 5.97 Å². The number of aromatic carboxylic acids is 1. The maximum atomic E-state index is 12.3. The van der Waals surface area contributed by atoms with Crippen molar-refractivity contribution >= 4 is 11.9 Å². The van der Waals surface area contributed by atoms with E-state index in [1.165, 1.54) is 0 Å². The molecular formula is C15H20N2O3. The summed E-state index contributed by atoms with van der Waals surface area (Å²) in [4.78, 5) is 27.5. The number of carboxylic acid groups (broad SMARTS) is 1. The molecule has 1 aliphatic heterocycles. The van der Waals surface area contributed by atoms with Gasteiger partial charge in [-0.1, -0.05) is 18.2 Å². The molecule has 1 amide bonds. The van der Waals surface area contributed by atoms with Crippen LogP contribution in [-0.2, 0) is 11.2 Å². The van der Waals surface area contributed by atoms with Crippen LogP contribution in [0.25, 0.3) is 0 Å². The third-order valence-electron chi connectivity index (χ3n) is 3.66. The number of rotatable bonds is 3. The Labute approximate surface area is 118 Å². The maximum Gasteiger partial charge on any atom is 0.335 e. The second-order valence-corrected chi connectivity index (χ2v) is 5.18. The molecule has 0 bridgehead atoms. The van der Waals surface area contributed by atoms with Crippen LogP contribution >= 0.6 is 0 Å². The average Bonchev–Trinajstić information content (AvgIpc) is 2.64. The van der Waals surface area contributed by atoms with E-state index in [1.54, 1.807) is 24.3 Å². The van der Waals surface area contributed by atoms with E-state index >= 15 is 0 Å². The lowest BCUT2D eigenvalue weighted by Crippen LogP contribution is -2.35. The van der Waals surface area contributed by atoms with Crippen LogP contribution in [0, 0.1) is 0 Å². The van der Waals surface area contributed by atoms with E-state index in [4.69, 9.17) is 5.11 Å². The van der Waals surface area contributed by atoms with Crippen molar-refractivity contribution in [3.8, 4) is 0 Å². The van der Waals surface area contributed by atoms with E-state index in [2.05, 4.69) is 4.90 Å². The highest BCUT2D eigenvalue weighted by molar-refractivity contribution is 5.91. The molecule has 1 aliphatic rings. The standard InChI is InChI=1S/C15H20N2O3/c1-16-7-4-8-17(10-9-16)14(18)11-12-5-2-3-6-13(12)15(19)20/h2-3,5-6H,4,7-11H2,1H3,(H,19,20). The number of carbonyl (C=O) groups is 2. The molecule has 0 atom stereocenters. The Morgan fingerprint density at radius 1 is 1.15 bits per heavy atom. The Kier molecular flexibility index (Phi) is 4.74. The van der Waals surface area contributed by atoms with Crippen LogP contribution in [-0.4, -0.2) is 60.0 Å². The van der Waals surface area contributed by atoms with Crippen LogP contribution < -0.4 is 0 Å². The molecule has 5 heteroatoms. The van der Waals surface area contributed by atoms with Crippen molar-refractivity contribution in [3.63, 3.8) is 0 Å². The van der Waals surface area contributed by atoms with Crippen LogP contribution in [0.3, 0.4) is 0 Å². The fourth-order valence-electron chi connectivity index (χ4n) is 2.45. The van der Waals surface area contributed by atoms with Crippen LogP contribution in [0.4, 0.5) is 0 Å². The summed E-state index contributed by atoms with van der Waals surface area (Å²) < 4.78 is 0. The number of hydrogen-bond acceptors (Lipinski definition) is 3. The molecule has 1 N–H and O–H groups in total. The minimum atomic E-state index is -0.982. The number of likely N-dealkylation sites (N-methyl/N-ethyl adjacent to an activating group) is 1. The molecule has 1 saturated heterocycles. The minimum absolute atomic E-state index is 0.00833. The van der Waals surface area contributed by atoms with Gasteiger partial charge in [-0.3, -0.25) is 4.79 Å². The lowest BCUT2D eigenvalue weighted by molar-refractivity contribution is -0.130. The Hall–Kier alpha value is -1.88. The molecule has 1 fully saturated rings. The summed E-state index contributed by atoms with van der Waals surface area (Å²) in [5.41, 5.74) is 0.801. The van der Waals surface area contributed by atoms with Crippen molar-refractivity contribution in [3.05, 3.63) is 35.4 Å². The van der Waals surface area contributed by atoms with E-state index in [-0.39, 0.29) is 17.9 Å². The van der Waals surface area contributed by atoms with E-state index in [9.17, 15) is 9.59 Å². The molecule has 0 aromatic heterocycles. The van der Waals surface area contributed by atoms with Crippen molar-refractivity contribution in [1.29, 1.82) is 0 Å². The predicted octanol–water partition coefficient (Wildman–Crippen LogP) is 1.09. The Bertz CT molecular complexity index is 502. The quantitative estimate of drug-likeness (QED) is 0.898. The molecule has 2 rings (SSSR count). The highest BCUT2D eigenvalue weighted by atomic mass is 16.4.